The molecule has 0 unspecified atom stereocenters. The Morgan fingerprint density at radius 1 is 0.971 bits per heavy atom. The van der Waals surface area contributed by atoms with Gasteiger partial charge in [0, 0.05) is 43.4 Å². The summed E-state index contributed by atoms with van der Waals surface area (Å²) < 4.78 is 0. The van der Waals surface area contributed by atoms with E-state index >= 15 is 0 Å². The molecule has 1 aromatic heterocycles. The van der Waals surface area contributed by atoms with Crippen LogP contribution in [0.4, 0.5) is 11.5 Å². The molecule has 3 aromatic rings. The maximum absolute atomic E-state index is 12.2. The van der Waals surface area contributed by atoms with Gasteiger partial charge in [-0.15, -0.1) is 10.2 Å². The standard InChI is InChI=1S/C26H30ClN5OS/c1-19-3-4-20(2)23(17-19)31-13-15-32(16-14-31)24-9-10-26(30-29-24)34-18-25(33)28-12-11-21-5-7-22(27)8-6-21/h3-10,17H,11-16,18H2,1-2H3,(H,28,33). The van der Waals surface area contributed by atoms with Crippen LogP contribution in [0.2, 0.25) is 5.02 Å². The van der Waals surface area contributed by atoms with Crippen LogP contribution >= 0.6 is 23.4 Å². The van der Waals surface area contributed by atoms with E-state index in [1.807, 2.05) is 36.4 Å². The predicted octanol–water partition coefficient (Wildman–Crippen LogP) is 4.52. The molecule has 6 nitrogen and oxygen atoms in total. The van der Waals surface area contributed by atoms with Gasteiger partial charge in [-0.25, -0.2) is 0 Å². The molecule has 2 heterocycles. The number of hydrogen-bond acceptors (Lipinski definition) is 6. The lowest BCUT2D eigenvalue weighted by Crippen LogP contribution is -2.47. The van der Waals surface area contributed by atoms with Crippen LogP contribution in [-0.4, -0.2) is 54.6 Å². The summed E-state index contributed by atoms with van der Waals surface area (Å²) in [4.78, 5) is 16.9. The van der Waals surface area contributed by atoms with E-state index in [1.165, 1.54) is 28.6 Å². The second-order valence-corrected chi connectivity index (χ2v) is 9.94. The van der Waals surface area contributed by atoms with Gasteiger partial charge in [0.05, 0.1) is 5.75 Å². The maximum atomic E-state index is 12.2. The average molecular weight is 496 g/mol. The highest BCUT2D eigenvalue weighted by Gasteiger charge is 2.20. The summed E-state index contributed by atoms with van der Waals surface area (Å²) >= 11 is 7.30. The van der Waals surface area contributed by atoms with E-state index in [9.17, 15) is 4.79 Å². The predicted molar refractivity (Wildman–Crippen MR) is 141 cm³/mol. The number of amides is 1. The van der Waals surface area contributed by atoms with Crippen molar-refractivity contribution in [2.75, 3.05) is 48.3 Å². The molecule has 1 N–H and O–H groups in total. The van der Waals surface area contributed by atoms with Gasteiger partial charge in [-0.05, 0) is 67.3 Å². The Morgan fingerprint density at radius 3 is 2.41 bits per heavy atom. The molecule has 8 heteroatoms. The molecule has 0 aliphatic carbocycles. The Balaban J connectivity index is 1.20. The number of aryl methyl sites for hydroxylation is 2. The van der Waals surface area contributed by atoms with E-state index in [4.69, 9.17) is 11.6 Å². The second kappa shape index (κ2) is 11.6. The van der Waals surface area contributed by atoms with Gasteiger partial charge in [0.2, 0.25) is 5.91 Å². The van der Waals surface area contributed by atoms with Crippen LogP contribution in [0.15, 0.2) is 59.6 Å². The first kappa shape index (κ1) is 24.4. The van der Waals surface area contributed by atoms with Crippen molar-refractivity contribution in [3.05, 3.63) is 76.3 Å². The van der Waals surface area contributed by atoms with Crippen LogP contribution in [0.1, 0.15) is 16.7 Å². The lowest BCUT2D eigenvalue weighted by molar-refractivity contribution is -0.118. The van der Waals surface area contributed by atoms with Crippen LogP contribution in [0.5, 0.6) is 0 Å². The number of halogens is 1. The van der Waals surface area contributed by atoms with Gasteiger partial charge in [-0.1, -0.05) is 47.6 Å². The summed E-state index contributed by atoms with van der Waals surface area (Å²) in [5, 5.41) is 13.2. The molecule has 1 saturated heterocycles. The first-order valence-corrected chi connectivity index (χ1v) is 12.9. The molecule has 1 aliphatic heterocycles. The van der Waals surface area contributed by atoms with E-state index in [2.05, 4.69) is 57.4 Å². The number of thioether (sulfide) groups is 1. The lowest BCUT2D eigenvalue weighted by atomic mass is 10.1. The summed E-state index contributed by atoms with van der Waals surface area (Å²) in [7, 11) is 0. The van der Waals surface area contributed by atoms with Gasteiger partial charge in [0.1, 0.15) is 5.03 Å². The number of piperazine rings is 1. The van der Waals surface area contributed by atoms with Gasteiger partial charge < -0.3 is 15.1 Å². The average Bonchev–Trinajstić information content (AvgIpc) is 2.86. The Kier molecular flexibility index (Phi) is 8.29. The number of aromatic nitrogens is 2. The van der Waals surface area contributed by atoms with E-state index in [1.54, 1.807) is 0 Å². The summed E-state index contributed by atoms with van der Waals surface area (Å²) in [6.07, 6.45) is 0.777. The Labute approximate surface area is 210 Å². The molecule has 0 bridgehead atoms. The SMILES string of the molecule is Cc1ccc(C)c(N2CCN(c3ccc(SCC(=O)NCCc4ccc(Cl)cc4)nn3)CC2)c1. The number of nitrogens with one attached hydrogen (secondary N) is 1. The maximum Gasteiger partial charge on any atom is 0.230 e. The van der Waals surface area contributed by atoms with Crippen molar-refractivity contribution in [2.45, 2.75) is 25.3 Å². The van der Waals surface area contributed by atoms with E-state index in [0.29, 0.717) is 12.3 Å². The molecule has 0 spiro atoms. The molecule has 4 rings (SSSR count). The van der Waals surface area contributed by atoms with Crippen LogP contribution in [0, 0.1) is 13.8 Å². The molecule has 0 saturated carbocycles. The third kappa shape index (κ3) is 6.64. The molecule has 2 aromatic carbocycles. The van der Waals surface area contributed by atoms with Crippen LogP contribution in [0.25, 0.3) is 0 Å². The summed E-state index contributed by atoms with van der Waals surface area (Å²) in [5.41, 5.74) is 5.07. The molecular formula is C26H30ClN5OS. The number of benzene rings is 2. The normalized spacial score (nSPS) is 13.7. The molecule has 178 valence electrons. The van der Waals surface area contributed by atoms with Gasteiger partial charge in [-0.3, -0.25) is 4.79 Å². The van der Waals surface area contributed by atoms with Crippen molar-refractivity contribution in [3.63, 3.8) is 0 Å². The molecule has 1 fully saturated rings. The van der Waals surface area contributed by atoms with Crippen LogP contribution in [-0.2, 0) is 11.2 Å². The highest BCUT2D eigenvalue weighted by Crippen LogP contribution is 2.24. The second-order valence-electron chi connectivity index (χ2n) is 8.51. The topological polar surface area (TPSA) is 61.4 Å². The van der Waals surface area contributed by atoms with Crippen LogP contribution in [0.3, 0.4) is 0 Å². The smallest absolute Gasteiger partial charge is 0.230 e. The molecule has 1 aliphatic rings. The first-order chi connectivity index (χ1) is 16.5. The zero-order valence-corrected chi connectivity index (χ0v) is 21.2. The minimum Gasteiger partial charge on any atom is -0.368 e. The number of carbonyl (C=O) groups excluding carboxylic acids is 1. The molecule has 1 amide bonds. The van der Waals surface area contributed by atoms with Gasteiger partial charge in [0.15, 0.2) is 5.82 Å². The van der Waals surface area contributed by atoms with Crippen molar-refractivity contribution >= 4 is 40.8 Å². The Morgan fingerprint density at radius 2 is 1.71 bits per heavy atom. The number of carbonyl (C=O) groups is 1. The minimum absolute atomic E-state index is 0.00703. The van der Waals surface area contributed by atoms with E-state index in [0.717, 1.165) is 54.0 Å². The van der Waals surface area contributed by atoms with Crippen LogP contribution < -0.4 is 15.1 Å². The Bertz CT molecular complexity index is 1100. The molecule has 0 atom stereocenters. The summed E-state index contributed by atoms with van der Waals surface area (Å²) in [6.45, 7) is 8.63. The third-order valence-corrected chi connectivity index (χ3v) is 7.11. The number of rotatable bonds is 8. The molecular weight excluding hydrogens is 466 g/mol. The highest BCUT2D eigenvalue weighted by atomic mass is 35.5. The largest absolute Gasteiger partial charge is 0.368 e. The Hall–Kier alpha value is -2.77. The number of hydrogen-bond donors (Lipinski definition) is 1. The van der Waals surface area contributed by atoms with Crippen molar-refractivity contribution < 1.29 is 4.79 Å². The van der Waals surface area contributed by atoms with Gasteiger partial charge in [0.25, 0.3) is 0 Å². The van der Waals surface area contributed by atoms with Gasteiger partial charge >= 0.3 is 0 Å². The summed E-state index contributed by atoms with van der Waals surface area (Å²) in [6, 6.07) is 18.3. The number of anilines is 2. The van der Waals surface area contributed by atoms with Gasteiger partial charge in [-0.2, -0.15) is 0 Å². The first-order valence-electron chi connectivity index (χ1n) is 11.5. The highest BCUT2D eigenvalue weighted by molar-refractivity contribution is 7.99. The molecule has 0 radical (unpaired) electrons. The molecule has 34 heavy (non-hydrogen) atoms. The zero-order chi connectivity index (χ0) is 23.9. The quantitative estimate of drug-likeness (QED) is 0.463. The lowest BCUT2D eigenvalue weighted by Gasteiger charge is -2.37. The summed E-state index contributed by atoms with van der Waals surface area (Å²) in [5.74, 6) is 1.20. The van der Waals surface area contributed by atoms with Crippen molar-refractivity contribution in [2.24, 2.45) is 0 Å². The number of nitrogens with zero attached hydrogens (tertiary/aromatic N) is 4. The fourth-order valence-electron chi connectivity index (χ4n) is 3.98. The monoisotopic (exact) mass is 495 g/mol. The fourth-order valence-corrected chi connectivity index (χ4v) is 4.75. The van der Waals surface area contributed by atoms with Crippen molar-refractivity contribution in [3.8, 4) is 0 Å². The third-order valence-electron chi connectivity index (χ3n) is 5.94. The van der Waals surface area contributed by atoms with E-state index < -0.39 is 0 Å². The van der Waals surface area contributed by atoms with E-state index in [-0.39, 0.29) is 5.91 Å². The van der Waals surface area contributed by atoms with Crippen molar-refractivity contribution in [1.82, 2.24) is 15.5 Å². The zero-order valence-electron chi connectivity index (χ0n) is 19.6. The minimum atomic E-state index is -0.00703. The van der Waals surface area contributed by atoms with Crippen molar-refractivity contribution in [1.29, 1.82) is 0 Å². The fraction of sp³-hybridized carbons (Fsp3) is 0.346.